The number of ether oxygens (including phenoxy) is 2. The van der Waals surface area contributed by atoms with Crippen molar-refractivity contribution >= 4 is 22.4 Å². The highest BCUT2D eigenvalue weighted by Crippen LogP contribution is 2.27. The molecule has 3 heterocycles. The first kappa shape index (κ1) is 26.5. The molecule has 0 amide bonds. The summed E-state index contributed by atoms with van der Waals surface area (Å²) in [7, 11) is 1.64. The second-order valence-corrected chi connectivity index (χ2v) is 10.6. The van der Waals surface area contributed by atoms with Crippen LogP contribution < -0.4 is 19.6 Å². The molecule has 0 aliphatic heterocycles. The largest absolute Gasteiger partial charge is 0.497 e. The van der Waals surface area contributed by atoms with Gasteiger partial charge in [0.05, 0.1) is 23.9 Å². The maximum Gasteiger partial charge on any atom is 0.291 e. The molecule has 3 aromatic carbocycles. The van der Waals surface area contributed by atoms with Gasteiger partial charge < -0.3 is 9.47 Å². The molecule has 0 atom stereocenters. The normalized spacial score (nSPS) is 11.8. The van der Waals surface area contributed by atoms with Crippen molar-refractivity contribution in [1.82, 2.24) is 24.4 Å². The Kier molecular flexibility index (Phi) is 7.60. The molecule has 41 heavy (non-hydrogen) atoms. The molecule has 6 rings (SSSR count). The smallest absolute Gasteiger partial charge is 0.291 e. The molecule has 0 N–H and O–H groups in total. The summed E-state index contributed by atoms with van der Waals surface area (Å²) in [5, 5.41) is 9.38. The number of nitrogens with zero attached hydrogens (tertiary/aromatic N) is 5. The van der Waals surface area contributed by atoms with E-state index < -0.39 is 0 Å². The molecule has 206 valence electrons. The summed E-state index contributed by atoms with van der Waals surface area (Å²) in [6.07, 6.45) is 7.15. The Labute approximate surface area is 241 Å². The van der Waals surface area contributed by atoms with Crippen LogP contribution in [0.25, 0.3) is 39.4 Å². The summed E-state index contributed by atoms with van der Waals surface area (Å²) in [5.41, 5.74) is 4.03. The SMILES string of the molecule is CCCCCOc1ccc(-c2nc3s/c(=C\c4cn(-c5ccccc5)nc4-c4ccc(OC)cc4)c(=O)n3n2)cc1. The van der Waals surface area contributed by atoms with Crippen LogP contribution in [0.4, 0.5) is 0 Å². The number of thiazole rings is 1. The molecule has 9 heteroatoms. The zero-order chi connectivity index (χ0) is 28.2. The highest BCUT2D eigenvalue weighted by Gasteiger charge is 2.15. The van der Waals surface area contributed by atoms with Gasteiger partial charge in [-0.2, -0.15) is 14.6 Å². The summed E-state index contributed by atoms with van der Waals surface area (Å²) in [4.78, 5) is 18.6. The fraction of sp³-hybridized carbons (Fsp3) is 0.188. The summed E-state index contributed by atoms with van der Waals surface area (Å²) < 4.78 is 14.9. The van der Waals surface area contributed by atoms with Crippen LogP contribution in [0.5, 0.6) is 11.5 Å². The third-order valence-electron chi connectivity index (χ3n) is 6.72. The van der Waals surface area contributed by atoms with E-state index in [1.165, 1.54) is 15.9 Å². The van der Waals surface area contributed by atoms with Crippen LogP contribution >= 0.6 is 11.3 Å². The van der Waals surface area contributed by atoms with Crippen molar-refractivity contribution in [2.75, 3.05) is 13.7 Å². The Bertz CT molecular complexity index is 1870. The topological polar surface area (TPSA) is 83.5 Å². The molecule has 0 aliphatic rings. The predicted molar refractivity (Wildman–Crippen MR) is 162 cm³/mol. The van der Waals surface area contributed by atoms with E-state index in [1.807, 2.05) is 95.8 Å². The van der Waals surface area contributed by atoms with Crippen molar-refractivity contribution < 1.29 is 9.47 Å². The van der Waals surface area contributed by atoms with Gasteiger partial charge in [0.2, 0.25) is 4.96 Å². The molecule has 0 unspecified atom stereocenters. The second-order valence-electron chi connectivity index (χ2n) is 9.57. The van der Waals surface area contributed by atoms with E-state index >= 15 is 0 Å². The van der Waals surface area contributed by atoms with Gasteiger partial charge in [-0.25, -0.2) is 4.68 Å². The van der Waals surface area contributed by atoms with Gasteiger partial charge in [-0.1, -0.05) is 49.3 Å². The summed E-state index contributed by atoms with van der Waals surface area (Å²) in [6.45, 7) is 2.88. The van der Waals surface area contributed by atoms with Crippen LogP contribution in [0, 0.1) is 0 Å². The minimum atomic E-state index is -0.215. The van der Waals surface area contributed by atoms with Gasteiger partial charge >= 0.3 is 0 Å². The number of benzene rings is 3. The first-order chi connectivity index (χ1) is 20.1. The summed E-state index contributed by atoms with van der Waals surface area (Å²) in [5.74, 6) is 2.09. The molecule has 3 aromatic heterocycles. The van der Waals surface area contributed by atoms with Crippen LogP contribution in [0.15, 0.2) is 89.9 Å². The van der Waals surface area contributed by atoms with Gasteiger partial charge in [0.25, 0.3) is 5.56 Å². The molecule has 0 fully saturated rings. The van der Waals surface area contributed by atoms with Gasteiger partial charge in [0.1, 0.15) is 17.2 Å². The Morgan fingerprint density at radius 3 is 2.32 bits per heavy atom. The van der Waals surface area contributed by atoms with Gasteiger partial charge in [0, 0.05) is 22.9 Å². The fourth-order valence-electron chi connectivity index (χ4n) is 4.52. The van der Waals surface area contributed by atoms with Crippen molar-refractivity contribution in [3.8, 4) is 39.8 Å². The van der Waals surface area contributed by atoms with Gasteiger partial charge in [-0.3, -0.25) is 4.79 Å². The van der Waals surface area contributed by atoms with Crippen molar-refractivity contribution in [2.45, 2.75) is 26.2 Å². The number of para-hydroxylation sites is 1. The minimum absolute atomic E-state index is 0.215. The fourth-order valence-corrected chi connectivity index (χ4v) is 5.42. The quantitative estimate of drug-likeness (QED) is 0.196. The summed E-state index contributed by atoms with van der Waals surface area (Å²) >= 11 is 1.31. The number of hydrogen-bond donors (Lipinski definition) is 0. The number of hydrogen-bond acceptors (Lipinski definition) is 7. The Balaban J connectivity index is 1.33. The lowest BCUT2D eigenvalue weighted by molar-refractivity contribution is 0.306. The Morgan fingerprint density at radius 1 is 0.878 bits per heavy atom. The van der Waals surface area contributed by atoms with Crippen LogP contribution in [0.1, 0.15) is 31.7 Å². The highest BCUT2D eigenvalue weighted by molar-refractivity contribution is 7.15. The zero-order valence-corrected chi connectivity index (χ0v) is 23.7. The molecule has 0 saturated carbocycles. The molecule has 0 spiro atoms. The monoisotopic (exact) mass is 563 g/mol. The lowest BCUT2D eigenvalue weighted by Gasteiger charge is -2.05. The molecule has 0 bridgehead atoms. The number of rotatable bonds is 10. The molecule has 0 radical (unpaired) electrons. The molecule has 8 nitrogen and oxygen atoms in total. The van der Waals surface area contributed by atoms with E-state index in [1.54, 1.807) is 7.11 Å². The Morgan fingerprint density at radius 2 is 1.61 bits per heavy atom. The first-order valence-corrected chi connectivity index (χ1v) is 14.4. The van der Waals surface area contributed by atoms with E-state index in [4.69, 9.17) is 14.6 Å². The molecular formula is C32H29N5O3S. The number of methoxy groups -OCH3 is 1. The van der Waals surface area contributed by atoms with Gasteiger partial charge in [-0.05, 0) is 73.2 Å². The van der Waals surface area contributed by atoms with Crippen molar-refractivity contribution in [1.29, 1.82) is 0 Å². The lowest BCUT2D eigenvalue weighted by Crippen LogP contribution is -2.23. The standard InChI is InChI=1S/C32H29N5O3S/c1-3-4-8-19-40-27-17-13-23(14-18-27)30-33-32-37(35-30)31(38)28(41-32)20-24-21-36(25-9-6-5-7-10-25)34-29(24)22-11-15-26(39-2)16-12-22/h5-7,9-18,20-21H,3-4,8,19H2,1-2H3/b28-20-. The maximum atomic E-state index is 13.4. The van der Waals surface area contributed by atoms with Gasteiger partial charge in [0.15, 0.2) is 5.82 Å². The number of aromatic nitrogens is 5. The van der Waals surface area contributed by atoms with Crippen LogP contribution in [-0.2, 0) is 0 Å². The zero-order valence-electron chi connectivity index (χ0n) is 22.9. The third-order valence-corrected chi connectivity index (χ3v) is 7.68. The van der Waals surface area contributed by atoms with E-state index in [2.05, 4.69) is 17.0 Å². The van der Waals surface area contributed by atoms with Crippen molar-refractivity contribution in [3.05, 3.63) is 106 Å². The van der Waals surface area contributed by atoms with Gasteiger partial charge in [-0.15, -0.1) is 5.10 Å². The number of fused-ring (bicyclic) bond motifs is 1. The highest BCUT2D eigenvalue weighted by atomic mass is 32.1. The van der Waals surface area contributed by atoms with Crippen molar-refractivity contribution in [2.24, 2.45) is 0 Å². The van der Waals surface area contributed by atoms with E-state index in [-0.39, 0.29) is 5.56 Å². The van der Waals surface area contributed by atoms with Crippen LogP contribution in [0.2, 0.25) is 0 Å². The van der Waals surface area contributed by atoms with E-state index in [9.17, 15) is 4.79 Å². The molecule has 0 saturated heterocycles. The average Bonchev–Trinajstić information content (AvgIpc) is 3.71. The van der Waals surface area contributed by atoms with E-state index in [0.717, 1.165) is 58.8 Å². The van der Waals surface area contributed by atoms with E-state index in [0.29, 0.717) is 21.9 Å². The predicted octanol–water partition coefficient (Wildman–Crippen LogP) is 5.80. The second kappa shape index (κ2) is 11.8. The summed E-state index contributed by atoms with van der Waals surface area (Å²) in [6, 6.07) is 25.3. The molecule has 0 aliphatic carbocycles. The van der Waals surface area contributed by atoms with Crippen molar-refractivity contribution in [3.63, 3.8) is 0 Å². The van der Waals surface area contributed by atoms with Crippen LogP contribution in [-0.4, -0.2) is 38.1 Å². The maximum absolute atomic E-state index is 13.4. The third kappa shape index (κ3) is 5.62. The lowest BCUT2D eigenvalue weighted by atomic mass is 10.1. The van der Waals surface area contributed by atoms with Crippen LogP contribution in [0.3, 0.4) is 0 Å². The number of unbranched alkanes of at least 4 members (excludes halogenated alkanes) is 2. The molecule has 6 aromatic rings. The average molecular weight is 564 g/mol. The first-order valence-electron chi connectivity index (χ1n) is 13.6. The molecular weight excluding hydrogens is 534 g/mol. The minimum Gasteiger partial charge on any atom is -0.497 e. The Hall–Kier alpha value is -4.76.